The number of aliphatic hydroxyl groups is 2. The van der Waals surface area contributed by atoms with Crippen LogP contribution in [-0.2, 0) is 14.3 Å². The second-order valence-corrected chi connectivity index (χ2v) is 15.6. The van der Waals surface area contributed by atoms with E-state index in [1.165, 1.54) is 12.8 Å². The van der Waals surface area contributed by atoms with E-state index in [2.05, 4.69) is 34.6 Å². The van der Waals surface area contributed by atoms with Crippen LogP contribution in [0.2, 0.25) is 0 Å². The van der Waals surface area contributed by atoms with Gasteiger partial charge in [-0.15, -0.1) is 0 Å². The van der Waals surface area contributed by atoms with Gasteiger partial charge in [-0.25, -0.2) is 0 Å². The summed E-state index contributed by atoms with van der Waals surface area (Å²) >= 11 is 0. The molecule has 5 aliphatic carbocycles. The number of ether oxygens (including phenoxy) is 2. The predicted molar refractivity (Wildman–Crippen MR) is 131 cm³/mol. The first kappa shape index (κ1) is 23.6. The van der Waals surface area contributed by atoms with Crippen LogP contribution in [0.4, 0.5) is 0 Å². The first-order valence-corrected chi connectivity index (χ1v) is 14.4. The van der Waals surface area contributed by atoms with E-state index in [1.807, 2.05) is 13.8 Å². The van der Waals surface area contributed by atoms with Crippen molar-refractivity contribution in [2.45, 2.75) is 130 Å². The molecule has 7 fully saturated rings. The number of rotatable bonds is 0. The molecule has 0 amide bonds. The molecule has 5 saturated carbocycles. The Balaban J connectivity index is 1.35. The van der Waals surface area contributed by atoms with Crippen LogP contribution in [0.1, 0.15) is 99.8 Å². The summed E-state index contributed by atoms with van der Waals surface area (Å²) < 4.78 is 13.5. The second-order valence-electron chi connectivity index (χ2n) is 15.6. The number of Topliss-reactive ketones (excluding diaryl/α,β-unsaturated/α-hetero) is 1. The van der Waals surface area contributed by atoms with Gasteiger partial charge in [-0.1, -0.05) is 34.6 Å². The molecule has 2 aliphatic heterocycles. The van der Waals surface area contributed by atoms with Crippen LogP contribution in [0.5, 0.6) is 0 Å². The van der Waals surface area contributed by atoms with Gasteiger partial charge in [0.25, 0.3) is 0 Å². The number of ketones is 1. The molecule has 5 nitrogen and oxygen atoms in total. The molecule has 7 aliphatic rings. The Morgan fingerprint density at radius 3 is 2.29 bits per heavy atom. The smallest absolute Gasteiger partial charge is 0.199 e. The summed E-state index contributed by atoms with van der Waals surface area (Å²) in [6.45, 7) is 15.4. The van der Waals surface area contributed by atoms with Crippen LogP contribution >= 0.6 is 0 Å². The Hall–Kier alpha value is -0.490. The first-order chi connectivity index (χ1) is 16.1. The van der Waals surface area contributed by atoms with Crippen LogP contribution in [0.25, 0.3) is 0 Å². The van der Waals surface area contributed by atoms with E-state index in [1.54, 1.807) is 0 Å². The van der Waals surface area contributed by atoms with Gasteiger partial charge in [-0.05, 0) is 92.8 Å². The largest absolute Gasteiger partial charge is 0.387 e. The molecule has 2 heterocycles. The zero-order chi connectivity index (χ0) is 25.2. The highest BCUT2D eigenvalue weighted by molar-refractivity contribution is 5.86. The Morgan fingerprint density at radius 2 is 1.57 bits per heavy atom. The van der Waals surface area contributed by atoms with E-state index in [-0.39, 0.29) is 39.1 Å². The molecule has 12 unspecified atom stereocenters. The van der Waals surface area contributed by atoms with Gasteiger partial charge < -0.3 is 19.7 Å². The summed E-state index contributed by atoms with van der Waals surface area (Å²) in [5.74, 6) is 0.700. The number of carbonyl (C=O) groups is 1. The number of hydrogen-bond acceptors (Lipinski definition) is 5. The van der Waals surface area contributed by atoms with E-state index >= 15 is 0 Å². The van der Waals surface area contributed by atoms with Crippen molar-refractivity contribution in [1.29, 1.82) is 0 Å². The zero-order valence-corrected chi connectivity index (χ0v) is 22.8. The van der Waals surface area contributed by atoms with Gasteiger partial charge in [-0.3, -0.25) is 4.79 Å². The highest BCUT2D eigenvalue weighted by Crippen LogP contribution is 2.89. The molecule has 5 heteroatoms. The molecule has 7 rings (SSSR count). The summed E-state index contributed by atoms with van der Waals surface area (Å²) in [4.78, 5) is 13.0. The minimum Gasteiger partial charge on any atom is -0.387 e. The maximum absolute atomic E-state index is 13.0. The van der Waals surface area contributed by atoms with Gasteiger partial charge >= 0.3 is 0 Å². The van der Waals surface area contributed by atoms with E-state index in [0.717, 1.165) is 38.5 Å². The van der Waals surface area contributed by atoms with Gasteiger partial charge in [-0.2, -0.15) is 0 Å². The Bertz CT molecular complexity index is 1000. The van der Waals surface area contributed by atoms with Crippen molar-refractivity contribution >= 4 is 5.78 Å². The molecule has 2 bridgehead atoms. The van der Waals surface area contributed by atoms with E-state index in [4.69, 9.17) is 9.47 Å². The van der Waals surface area contributed by atoms with Crippen molar-refractivity contribution in [3.8, 4) is 0 Å². The monoisotopic (exact) mass is 486 g/mol. The summed E-state index contributed by atoms with van der Waals surface area (Å²) in [6, 6.07) is 0. The van der Waals surface area contributed by atoms with E-state index in [9.17, 15) is 15.0 Å². The lowest BCUT2D eigenvalue weighted by atomic mass is 9.41. The lowest BCUT2D eigenvalue weighted by molar-refractivity contribution is -0.430. The van der Waals surface area contributed by atoms with Crippen molar-refractivity contribution in [1.82, 2.24) is 0 Å². The first-order valence-electron chi connectivity index (χ1n) is 14.4. The van der Waals surface area contributed by atoms with Crippen molar-refractivity contribution < 1.29 is 24.5 Å². The fourth-order valence-corrected chi connectivity index (χ4v) is 12.5. The molecule has 0 aromatic heterocycles. The number of aliphatic hydroxyl groups excluding tert-OH is 2. The van der Waals surface area contributed by atoms with Crippen LogP contribution in [0.15, 0.2) is 0 Å². The molecule has 0 aromatic carbocycles. The van der Waals surface area contributed by atoms with Gasteiger partial charge in [0, 0.05) is 23.2 Å². The van der Waals surface area contributed by atoms with Crippen molar-refractivity contribution in [2.24, 2.45) is 50.7 Å². The Morgan fingerprint density at radius 1 is 0.914 bits per heavy atom. The fraction of sp³-hybridized carbons (Fsp3) is 0.967. The molecule has 0 radical (unpaired) electrons. The molecule has 2 N–H and O–H groups in total. The highest BCUT2D eigenvalue weighted by Gasteiger charge is 2.87. The third kappa shape index (κ3) is 2.22. The molecule has 2 saturated heterocycles. The van der Waals surface area contributed by atoms with Crippen LogP contribution in [0, 0.1) is 50.7 Å². The summed E-state index contributed by atoms with van der Waals surface area (Å²) in [6.07, 6.45) is 6.54. The third-order valence-electron chi connectivity index (χ3n) is 14.1. The summed E-state index contributed by atoms with van der Waals surface area (Å²) in [5.41, 5.74) is -0.904. The fourth-order valence-electron chi connectivity index (χ4n) is 12.5. The van der Waals surface area contributed by atoms with Crippen molar-refractivity contribution in [3.05, 3.63) is 0 Å². The molecular formula is C30H46O5. The number of fused-ring (bicyclic) bond motifs is 4. The lowest BCUT2D eigenvalue weighted by Crippen LogP contribution is -2.70. The molecular weight excluding hydrogens is 440 g/mol. The zero-order valence-electron chi connectivity index (χ0n) is 22.8. The average molecular weight is 487 g/mol. The summed E-state index contributed by atoms with van der Waals surface area (Å²) in [7, 11) is 0. The van der Waals surface area contributed by atoms with Crippen molar-refractivity contribution in [2.75, 3.05) is 0 Å². The molecule has 0 aromatic rings. The molecule has 196 valence electrons. The number of hydrogen-bond donors (Lipinski definition) is 2. The lowest BCUT2D eigenvalue weighted by Gasteiger charge is -2.62. The Labute approximate surface area is 210 Å². The van der Waals surface area contributed by atoms with E-state index < -0.39 is 23.6 Å². The van der Waals surface area contributed by atoms with Gasteiger partial charge in [0.1, 0.15) is 18.0 Å². The topological polar surface area (TPSA) is 76.0 Å². The predicted octanol–water partition coefficient (Wildman–Crippen LogP) is 4.87. The SMILES string of the molecule is CC1CC2OC3(OC(C)(C)C2O)C1C1(C)CCC24CC25CCC(=O)C(C)(C)C5CCC4C1(C)C3O. The maximum atomic E-state index is 13.0. The van der Waals surface area contributed by atoms with Crippen LogP contribution in [-0.4, -0.2) is 45.7 Å². The quantitative estimate of drug-likeness (QED) is 0.511. The van der Waals surface area contributed by atoms with Crippen LogP contribution < -0.4 is 0 Å². The van der Waals surface area contributed by atoms with Crippen molar-refractivity contribution in [3.63, 3.8) is 0 Å². The third-order valence-corrected chi connectivity index (χ3v) is 14.1. The van der Waals surface area contributed by atoms with Gasteiger partial charge in [0.05, 0.1) is 11.7 Å². The Kier molecular flexibility index (Phi) is 4.19. The van der Waals surface area contributed by atoms with E-state index in [0.29, 0.717) is 23.5 Å². The maximum Gasteiger partial charge on any atom is 0.199 e. The van der Waals surface area contributed by atoms with Gasteiger partial charge in [0.15, 0.2) is 5.79 Å². The molecule has 12 atom stereocenters. The summed E-state index contributed by atoms with van der Waals surface area (Å²) in [5, 5.41) is 23.5. The number of carbonyl (C=O) groups excluding carboxylic acids is 1. The van der Waals surface area contributed by atoms with Crippen LogP contribution in [0.3, 0.4) is 0 Å². The standard InChI is InChI=1S/C30H46O5/c1-16-14-17-22(32)25(4,5)35-30(34-17)21(16)26(6)12-13-29-15-28(29)11-10-20(31)24(2,3)18(28)8-9-19(29)27(26,7)23(30)33/h16-19,21-23,32-33H,8-15H2,1-7H3. The molecule has 3 spiro atoms. The minimum absolute atomic E-state index is 0.0955. The second kappa shape index (κ2) is 6.21. The average Bonchev–Trinajstić information content (AvgIpc) is 3.41. The normalized spacial score (nSPS) is 63.2. The highest BCUT2D eigenvalue weighted by atomic mass is 16.7. The molecule has 35 heavy (non-hydrogen) atoms. The van der Waals surface area contributed by atoms with Gasteiger partial charge in [0.2, 0.25) is 0 Å². The minimum atomic E-state index is -1.05.